The molecule has 2 aromatic carbocycles. The van der Waals surface area contributed by atoms with Crippen molar-refractivity contribution < 1.29 is 19.1 Å². The van der Waals surface area contributed by atoms with Crippen molar-refractivity contribution in [1.29, 1.82) is 5.26 Å². The van der Waals surface area contributed by atoms with Gasteiger partial charge in [0.05, 0.1) is 12.0 Å². The van der Waals surface area contributed by atoms with Crippen LogP contribution in [-0.4, -0.2) is 53.8 Å². The normalized spacial score (nSPS) is 11.2. The predicted octanol–water partition coefficient (Wildman–Crippen LogP) is -0.960. The van der Waals surface area contributed by atoms with Gasteiger partial charge in [0, 0.05) is 13.1 Å². The molecule has 7 nitrogen and oxygen atoms in total. The van der Waals surface area contributed by atoms with Gasteiger partial charge in [-0.2, -0.15) is 5.26 Å². The van der Waals surface area contributed by atoms with E-state index in [-0.39, 0.29) is 31.6 Å². The van der Waals surface area contributed by atoms with Crippen LogP contribution in [-0.2, 0) is 9.59 Å². The van der Waals surface area contributed by atoms with Crippen molar-refractivity contribution in [1.82, 2.24) is 10.6 Å². The number of nitriles is 1. The molecule has 0 spiro atoms. The van der Waals surface area contributed by atoms with Crippen LogP contribution in [0.1, 0.15) is 17.5 Å². The molecule has 2 aromatic rings. The van der Waals surface area contributed by atoms with Crippen molar-refractivity contribution in [3.8, 4) is 17.6 Å². The summed E-state index contributed by atoms with van der Waals surface area (Å²) in [5.74, 6) is 0.302. The molecule has 0 saturated heterocycles. The van der Waals surface area contributed by atoms with Crippen LogP contribution in [0.15, 0.2) is 36.4 Å². The summed E-state index contributed by atoms with van der Waals surface area (Å²) >= 11 is 0. The molecule has 0 aliphatic heterocycles. The van der Waals surface area contributed by atoms with Crippen LogP contribution in [0.2, 0.25) is 0 Å². The molecular formula is C23H29B2N3O4. The average molecular weight is 433 g/mol. The van der Waals surface area contributed by atoms with E-state index in [9.17, 15) is 14.9 Å². The number of nitrogens with zero attached hydrogens (tertiary/aromatic N) is 1. The minimum Gasteiger partial charge on any atom is -0.484 e. The van der Waals surface area contributed by atoms with Gasteiger partial charge in [-0.3, -0.25) is 9.59 Å². The highest BCUT2D eigenvalue weighted by Gasteiger charge is 2.11. The van der Waals surface area contributed by atoms with Crippen molar-refractivity contribution in [2.75, 3.05) is 26.3 Å². The zero-order valence-electron chi connectivity index (χ0n) is 19.2. The molecule has 0 bridgehead atoms. The molecule has 0 aliphatic rings. The zero-order chi connectivity index (χ0) is 23.5. The van der Waals surface area contributed by atoms with Crippen LogP contribution in [0.25, 0.3) is 0 Å². The SMILES string of the molecule is Bc1cc(OCC(=O)NCCC(C#N)CNC(=O)COc2ccc(C)c(B)c2)ccc1C. The molecule has 166 valence electrons. The van der Waals surface area contributed by atoms with E-state index in [0.717, 1.165) is 22.1 Å². The van der Waals surface area contributed by atoms with Crippen LogP contribution >= 0.6 is 0 Å². The molecular weight excluding hydrogens is 404 g/mol. The van der Waals surface area contributed by atoms with Crippen LogP contribution in [0, 0.1) is 31.1 Å². The lowest BCUT2D eigenvalue weighted by atomic mass is 9.91. The lowest BCUT2D eigenvalue weighted by molar-refractivity contribution is -0.124. The van der Waals surface area contributed by atoms with Gasteiger partial charge in [0.1, 0.15) is 27.2 Å². The molecule has 0 aromatic heterocycles. The Labute approximate surface area is 191 Å². The smallest absolute Gasteiger partial charge is 0.257 e. The second kappa shape index (κ2) is 12.5. The molecule has 0 fully saturated rings. The quantitative estimate of drug-likeness (QED) is 0.445. The molecule has 1 atom stereocenters. The van der Waals surface area contributed by atoms with Crippen molar-refractivity contribution >= 4 is 38.4 Å². The number of aryl methyl sites for hydroxylation is 2. The number of amides is 2. The highest BCUT2D eigenvalue weighted by atomic mass is 16.5. The lowest BCUT2D eigenvalue weighted by Crippen LogP contribution is -2.35. The molecule has 2 amide bonds. The number of carbonyl (C=O) groups excluding carboxylic acids is 2. The van der Waals surface area contributed by atoms with E-state index in [1.54, 1.807) is 0 Å². The number of hydrogen-bond acceptors (Lipinski definition) is 5. The van der Waals surface area contributed by atoms with E-state index < -0.39 is 5.92 Å². The molecule has 2 rings (SSSR count). The summed E-state index contributed by atoms with van der Waals surface area (Å²) in [6.07, 6.45) is 0.421. The number of hydrogen-bond donors (Lipinski definition) is 2. The van der Waals surface area contributed by atoms with Crippen LogP contribution in [0.4, 0.5) is 0 Å². The first-order valence-electron chi connectivity index (χ1n) is 10.6. The molecule has 9 heteroatoms. The number of ether oxygens (including phenoxy) is 2. The van der Waals surface area contributed by atoms with Crippen molar-refractivity contribution in [2.24, 2.45) is 5.92 Å². The third-order valence-electron chi connectivity index (χ3n) is 5.24. The number of nitrogens with one attached hydrogen (secondary N) is 2. The molecule has 0 aliphatic carbocycles. The third-order valence-corrected chi connectivity index (χ3v) is 5.24. The Morgan fingerprint density at radius 2 is 1.44 bits per heavy atom. The number of benzene rings is 2. The summed E-state index contributed by atoms with van der Waals surface area (Å²) in [6.45, 7) is 4.33. The molecule has 2 N–H and O–H groups in total. The average Bonchev–Trinajstić information content (AvgIpc) is 2.77. The third kappa shape index (κ3) is 8.38. The van der Waals surface area contributed by atoms with Gasteiger partial charge in [0.2, 0.25) is 0 Å². The minimum atomic E-state index is -0.415. The van der Waals surface area contributed by atoms with Crippen molar-refractivity contribution in [3.63, 3.8) is 0 Å². The Kier molecular flexibility index (Phi) is 9.68. The lowest BCUT2D eigenvalue weighted by Gasteiger charge is -2.13. The van der Waals surface area contributed by atoms with Crippen LogP contribution in [0.5, 0.6) is 11.5 Å². The Bertz CT molecular complexity index is 992. The maximum absolute atomic E-state index is 12.0. The monoisotopic (exact) mass is 433 g/mol. The number of carbonyl (C=O) groups is 2. The summed E-state index contributed by atoms with van der Waals surface area (Å²) in [6, 6.07) is 13.5. The van der Waals surface area contributed by atoms with Gasteiger partial charge in [-0.25, -0.2) is 0 Å². The van der Waals surface area contributed by atoms with E-state index >= 15 is 0 Å². The summed E-state index contributed by atoms with van der Waals surface area (Å²) in [5, 5.41) is 14.7. The van der Waals surface area contributed by atoms with E-state index in [4.69, 9.17) is 9.47 Å². The first-order chi connectivity index (χ1) is 15.3. The van der Waals surface area contributed by atoms with Gasteiger partial charge in [-0.1, -0.05) is 34.2 Å². The van der Waals surface area contributed by atoms with Gasteiger partial charge in [-0.15, -0.1) is 0 Å². The van der Waals surface area contributed by atoms with Crippen molar-refractivity contribution in [3.05, 3.63) is 47.5 Å². The largest absolute Gasteiger partial charge is 0.484 e. The molecule has 0 saturated carbocycles. The minimum absolute atomic E-state index is 0.0910. The Hall–Kier alpha value is -3.40. The standard InChI is InChI=1S/C23H29B2N3O4/c1-15-3-5-18(9-20(15)24)31-13-22(29)27-8-7-17(11-26)12-28-23(30)14-32-19-6-4-16(2)21(25)10-19/h3-6,9-10,17H,7-8,12-14,24-25H2,1-2H3,(H,27,29)(H,28,30). The van der Waals surface area contributed by atoms with Crippen LogP contribution < -0.4 is 31.0 Å². The zero-order valence-corrected chi connectivity index (χ0v) is 19.2. The molecule has 0 radical (unpaired) electrons. The van der Waals surface area contributed by atoms with Crippen LogP contribution in [0.3, 0.4) is 0 Å². The Morgan fingerprint density at radius 3 is 1.91 bits per heavy atom. The molecule has 0 heterocycles. The molecule has 1 unspecified atom stereocenters. The van der Waals surface area contributed by atoms with Gasteiger partial charge < -0.3 is 20.1 Å². The highest BCUT2D eigenvalue weighted by molar-refractivity contribution is 6.33. The van der Waals surface area contributed by atoms with Crippen molar-refractivity contribution in [2.45, 2.75) is 20.3 Å². The Balaban J connectivity index is 1.63. The summed E-state index contributed by atoms with van der Waals surface area (Å²) < 4.78 is 11.0. The van der Waals surface area contributed by atoms with E-state index in [2.05, 4.69) is 16.7 Å². The van der Waals surface area contributed by atoms with Gasteiger partial charge in [-0.05, 0) is 44.5 Å². The fourth-order valence-corrected chi connectivity index (χ4v) is 2.84. The highest BCUT2D eigenvalue weighted by Crippen LogP contribution is 2.10. The maximum Gasteiger partial charge on any atom is 0.257 e. The predicted molar refractivity (Wildman–Crippen MR) is 129 cm³/mol. The topological polar surface area (TPSA) is 100 Å². The van der Waals surface area contributed by atoms with E-state index in [1.165, 1.54) is 0 Å². The maximum atomic E-state index is 12.0. The summed E-state index contributed by atoms with van der Waals surface area (Å²) in [4.78, 5) is 24.0. The van der Waals surface area contributed by atoms with E-state index in [1.807, 2.05) is 65.9 Å². The van der Waals surface area contributed by atoms with E-state index in [0.29, 0.717) is 24.5 Å². The fraction of sp³-hybridized carbons (Fsp3) is 0.348. The number of rotatable bonds is 11. The van der Waals surface area contributed by atoms with Gasteiger partial charge >= 0.3 is 0 Å². The first kappa shape index (κ1) is 24.9. The summed E-state index contributed by atoms with van der Waals surface area (Å²) in [7, 11) is 3.97. The second-order valence-corrected chi connectivity index (χ2v) is 7.84. The van der Waals surface area contributed by atoms with Gasteiger partial charge in [0.15, 0.2) is 13.2 Å². The first-order valence-corrected chi connectivity index (χ1v) is 10.6. The fourth-order valence-electron chi connectivity index (χ4n) is 2.84. The Morgan fingerprint density at radius 1 is 0.938 bits per heavy atom. The summed E-state index contributed by atoms with van der Waals surface area (Å²) in [5.41, 5.74) is 4.51. The van der Waals surface area contributed by atoms with Gasteiger partial charge in [0.25, 0.3) is 11.8 Å². The second-order valence-electron chi connectivity index (χ2n) is 7.84. The molecule has 32 heavy (non-hydrogen) atoms.